The summed E-state index contributed by atoms with van der Waals surface area (Å²) in [5.41, 5.74) is 3.15. The van der Waals surface area contributed by atoms with Gasteiger partial charge in [-0.05, 0) is 75.7 Å². The Morgan fingerprint density at radius 3 is 2.59 bits per heavy atom. The molecule has 0 atom stereocenters. The highest BCUT2D eigenvalue weighted by Gasteiger charge is 2.25. The number of amides is 1. The molecule has 8 nitrogen and oxygen atoms in total. The van der Waals surface area contributed by atoms with Gasteiger partial charge in [0.2, 0.25) is 5.82 Å². The minimum atomic E-state index is -1.06. The molecule has 2 aromatic carbocycles. The lowest BCUT2D eigenvalue weighted by molar-refractivity contribution is 0.0677. The van der Waals surface area contributed by atoms with Crippen molar-refractivity contribution in [3.63, 3.8) is 0 Å². The first-order chi connectivity index (χ1) is 18.8. The molecule has 1 fully saturated rings. The van der Waals surface area contributed by atoms with Gasteiger partial charge in [-0.15, -0.1) is 0 Å². The van der Waals surface area contributed by atoms with E-state index in [2.05, 4.69) is 34.3 Å². The van der Waals surface area contributed by atoms with E-state index < -0.39 is 11.6 Å². The van der Waals surface area contributed by atoms with Gasteiger partial charge in [-0.1, -0.05) is 0 Å². The summed E-state index contributed by atoms with van der Waals surface area (Å²) >= 11 is 0. The number of likely N-dealkylation sites (tertiary alicyclic amines) is 1. The number of hydrogen-bond donors (Lipinski definition) is 1. The number of aromatic nitrogens is 3. The van der Waals surface area contributed by atoms with Gasteiger partial charge in [-0.25, -0.2) is 14.4 Å². The number of imidazole rings is 1. The molecule has 5 rings (SSSR count). The number of benzene rings is 2. The Bertz CT molecular complexity index is 1510. The van der Waals surface area contributed by atoms with Crippen molar-refractivity contribution in [3.8, 4) is 17.0 Å². The smallest absolute Gasteiger partial charge is 0.254 e. The van der Waals surface area contributed by atoms with Crippen molar-refractivity contribution < 1.29 is 18.3 Å². The van der Waals surface area contributed by atoms with Crippen LogP contribution in [0.4, 0.5) is 20.3 Å². The molecule has 10 heteroatoms. The van der Waals surface area contributed by atoms with Crippen molar-refractivity contribution in [2.24, 2.45) is 5.92 Å². The number of halogens is 2. The van der Waals surface area contributed by atoms with Crippen LogP contribution >= 0.6 is 0 Å². The van der Waals surface area contributed by atoms with Gasteiger partial charge in [0.15, 0.2) is 23.0 Å². The summed E-state index contributed by atoms with van der Waals surface area (Å²) in [6.07, 6.45) is 6.69. The number of carbonyl (C=O) groups excluding carboxylic acids is 1. The van der Waals surface area contributed by atoms with E-state index in [-0.39, 0.29) is 17.2 Å². The maximum atomic E-state index is 14.8. The molecule has 0 radical (unpaired) electrons. The first kappa shape index (κ1) is 26.6. The largest absolute Gasteiger partial charge is 0.494 e. The number of rotatable bonds is 7. The molecular formula is C29H32F2N6O2. The molecule has 39 heavy (non-hydrogen) atoms. The predicted molar refractivity (Wildman–Crippen MR) is 147 cm³/mol. The molecule has 0 saturated carbocycles. The van der Waals surface area contributed by atoms with Gasteiger partial charge in [-0.2, -0.15) is 4.39 Å². The predicted octanol–water partition coefficient (Wildman–Crippen LogP) is 5.15. The van der Waals surface area contributed by atoms with Gasteiger partial charge >= 0.3 is 0 Å². The van der Waals surface area contributed by atoms with Gasteiger partial charge in [0.1, 0.15) is 0 Å². The zero-order chi connectivity index (χ0) is 27.7. The fourth-order valence-electron chi connectivity index (χ4n) is 5.22. The number of ether oxygens (including phenoxy) is 1. The van der Waals surface area contributed by atoms with E-state index in [0.717, 1.165) is 43.7 Å². The second-order valence-electron chi connectivity index (χ2n) is 10.2. The molecule has 2 aromatic heterocycles. The van der Waals surface area contributed by atoms with Gasteiger partial charge in [0, 0.05) is 48.8 Å². The van der Waals surface area contributed by atoms with E-state index in [1.54, 1.807) is 16.8 Å². The number of carbonyl (C=O) groups is 1. The molecular weight excluding hydrogens is 502 g/mol. The number of piperidine rings is 1. The molecule has 0 unspecified atom stereocenters. The first-order valence-electron chi connectivity index (χ1n) is 12.9. The lowest BCUT2D eigenvalue weighted by Crippen LogP contribution is -2.40. The van der Waals surface area contributed by atoms with Crippen LogP contribution in [-0.4, -0.2) is 70.9 Å². The number of anilines is 2. The Labute approximate surface area is 226 Å². The summed E-state index contributed by atoms with van der Waals surface area (Å²) in [4.78, 5) is 26.2. The normalized spacial score (nSPS) is 14.3. The molecule has 1 aliphatic heterocycles. The third-order valence-electron chi connectivity index (χ3n) is 7.22. The van der Waals surface area contributed by atoms with Crippen LogP contribution in [-0.2, 0) is 0 Å². The summed E-state index contributed by atoms with van der Waals surface area (Å²) < 4.78 is 35.6. The zero-order valence-electron chi connectivity index (χ0n) is 22.5. The Morgan fingerprint density at radius 1 is 1.13 bits per heavy atom. The first-order valence-corrected chi connectivity index (χ1v) is 12.9. The van der Waals surface area contributed by atoms with E-state index in [9.17, 15) is 13.6 Å². The number of nitrogens with zero attached hydrogens (tertiary/aromatic N) is 5. The van der Waals surface area contributed by atoms with E-state index in [1.807, 2.05) is 30.0 Å². The summed E-state index contributed by atoms with van der Waals surface area (Å²) in [6.45, 7) is 4.50. The molecule has 1 aliphatic rings. The second-order valence-corrected chi connectivity index (χ2v) is 10.2. The average molecular weight is 535 g/mol. The van der Waals surface area contributed by atoms with Crippen LogP contribution in [0.2, 0.25) is 0 Å². The highest BCUT2D eigenvalue weighted by atomic mass is 19.2. The van der Waals surface area contributed by atoms with Gasteiger partial charge in [0.25, 0.3) is 5.91 Å². The summed E-state index contributed by atoms with van der Waals surface area (Å²) in [7, 11) is 5.45. The van der Waals surface area contributed by atoms with Crippen LogP contribution in [0.5, 0.6) is 5.75 Å². The van der Waals surface area contributed by atoms with Crippen molar-refractivity contribution in [1.29, 1.82) is 0 Å². The lowest BCUT2D eigenvalue weighted by atomic mass is 9.95. The van der Waals surface area contributed by atoms with Crippen LogP contribution in [0, 0.1) is 24.5 Å². The van der Waals surface area contributed by atoms with Crippen LogP contribution < -0.4 is 10.1 Å². The minimum absolute atomic E-state index is 0.0502. The van der Waals surface area contributed by atoms with Crippen LogP contribution in [0.1, 0.15) is 28.8 Å². The number of aryl methyl sites for hydroxylation is 1. The van der Waals surface area contributed by atoms with E-state index in [1.165, 1.54) is 25.4 Å². The monoisotopic (exact) mass is 534 g/mol. The van der Waals surface area contributed by atoms with Crippen molar-refractivity contribution in [1.82, 2.24) is 24.2 Å². The molecule has 0 spiro atoms. The molecule has 0 bridgehead atoms. The molecule has 1 amide bonds. The Kier molecular flexibility index (Phi) is 7.47. The maximum absolute atomic E-state index is 14.8. The number of methoxy groups -OCH3 is 1. The molecule has 0 aliphatic carbocycles. The Balaban J connectivity index is 1.35. The SMILES string of the molecule is COc1ccc(-c2cnc3c(Nc4ccc(C(=O)N5CCC(CN(C)C)CC5)c(C)c4)nccn23)c(F)c1F. The second kappa shape index (κ2) is 11.0. The summed E-state index contributed by atoms with van der Waals surface area (Å²) in [5, 5.41) is 3.25. The van der Waals surface area contributed by atoms with Crippen molar-refractivity contribution in [2.45, 2.75) is 19.8 Å². The highest BCUT2D eigenvalue weighted by Crippen LogP contribution is 2.32. The Morgan fingerprint density at radius 2 is 1.90 bits per heavy atom. The quantitative estimate of drug-likeness (QED) is 0.354. The molecule has 204 valence electrons. The number of fused-ring (bicyclic) bond motifs is 1. The van der Waals surface area contributed by atoms with Crippen molar-refractivity contribution in [2.75, 3.05) is 46.2 Å². The topological polar surface area (TPSA) is 75.0 Å². The molecule has 1 N–H and O–H groups in total. The van der Waals surface area contributed by atoms with Crippen LogP contribution in [0.25, 0.3) is 16.9 Å². The van der Waals surface area contributed by atoms with Gasteiger partial charge in [-0.3, -0.25) is 9.20 Å². The van der Waals surface area contributed by atoms with E-state index in [0.29, 0.717) is 28.6 Å². The van der Waals surface area contributed by atoms with Crippen molar-refractivity contribution >= 4 is 23.1 Å². The molecule has 1 saturated heterocycles. The fraction of sp³-hybridized carbons (Fsp3) is 0.345. The third kappa shape index (κ3) is 5.29. The Hall–Kier alpha value is -4.05. The summed E-state index contributed by atoms with van der Waals surface area (Å²) in [5.74, 6) is -1.12. The average Bonchev–Trinajstić information content (AvgIpc) is 3.35. The molecule has 3 heterocycles. The number of nitrogens with one attached hydrogen (secondary N) is 1. The van der Waals surface area contributed by atoms with Crippen molar-refractivity contribution in [3.05, 3.63) is 71.7 Å². The molecule has 4 aromatic rings. The number of hydrogen-bond acceptors (Lipinski definition) is 6. The zero-order valence-corrected chi connectivity index (χ0v) is 22.5. The van der Waals surface area contributed by atoms with Crippen LogP contribution in [0.15, 0.2) is 48.9 Å². The standard InChI is InChI=1S/C29H32F2N6O2/c1-18-15-20(5-6-21(18)29(38)36-12-9-19(10-13-36)17-35(2)3)34-27-28-33-16-23(37(28)14-11-32-27)22-7-8-24(39-4)26(31)25(22)30/h5-8,11,14-16,19H,9-10,12-13,17H2,1-4H3,(H,32,34). The fourth-order valence-corrected chi connectivity index (χ4v) is 5.22. The summed E-state index contributed by atoms with van der Waals surface area (Å²) in [6, 6.07) is 8.41. The third-order valence-corrected chi connectivity index (χ3v) is 7.22. The lowest BCUT2D eigenvalue weighted by Gasteiger charge is -2.33. The van der Waals surface area contributed by atoms with Crippen LogP contribution in [0.3, 0.4) is 0 Å². The van der Waals surface area contributed by atoms with E-state index in [4.69, 9.17) is 4.74 Å². The van der Waals surface area contributed by atoms with Gasteiger partial charge in [0.05, 0.1) is 19.0 Å². The minimum Gasteiger partial charge on any atom is -0.494 e. The van der Waals surface area contributed by atoms with E-state index >= 15 is 0 Å². The highest BCUT2D eigenvalue weighted by molar-refractivity contribution is 5.96. The van der Waals surface area contributed by atoms with Gasteiger partial charge < -0.3 is 19.9 Å². The maximum Gasteiger partial charge on any atom is 0.254 e.